The summed E-state index contributed by atoms with van der Waals surface area (Å²) >= 11 is 4.70. The Morgan fingerprint density at radius 2 is 2.26 bits per heavy atom. The molecule has 0 spiro atoms. The number of para-hydroxylation sites is 1. The molecule has 0 saturated heterocycles. The van der Waals surface area contributed by atoms with E-state index in [1.54, 1.807) is 6.07 Å². The lowest BCUT2D eigenvalue weighted by atomic mass is 10.2. The van der Waals surface area contributed by atoms with Crippen molar-refractivity contribution in [3.63, 3.8) is 0 Å². The number of carbonyl (C=O) groups excluding carboxylic acids is 1. The van der Waals surface area contributed by atoms with Crippen molar-refractivity contribution in [3.8, 4) is 0 Å². The van der Waals surface area contributed by atoms with Crippen LogP contribution in [0, 0.1) is 6.92 Å². The van der Waals surface area contributed by atoms with E-state index in [2.05, 4.69) is 31.4 Å². The number of anilines is 1. The van der Waals surface area contributed by atoms with Gasteiger partial charge in [-0.1, -0.05) is 23.5 Å². The van der Waals surface area contributed by atoms with Gasteiger partial charge in [0.1, 0.15) is 10.6 Å². The van der Waals surface area contributed by atoms with Crippen molar-refractivity contribution in [3.05, 3.63) is 39.5 Å². The molecule has 0 fully saturated rings. The first-order valence-corrected chi connectivity index (χ1v) is 7.04. The van der Waals surface area contributed by atoms with Crippen LogP contribution in [0.4, 0.5) is 5.13 Å². The van der Waals surface area contributed by atoms with E-state index in [1.807, 2.05) is 25.1 Å². The lowest BCUT2D eigenvalue weighted by Gasteiger charge is -1.96. The first-order valence-electron chi connectivity index (χ1n) is 5.43. The molecule has 3 rings (SSSR count). The topological polar surface area (TPSA) is 68.0 Å². The Labute approximate surface area is 120 Å². The highest BCUT2D eigenvalue weighted by Crippen LogP contribution is 2.27. The zero-order valence-corrected chi connectivity index (χ0v) is 12.2. The fourth-order valence-electron chi connectivity index (χ4n) is 1.65. The maximum Gasteiger partial charge on any atom is 0.293 e. The monoisotopic (exact) mass is 337 g/mol. The van der Waals surface area contributed by atoms with E-state index in [1.165, 1.54) is 11.3 Å². The van der Waals surface area contributed by atoms with Crippen LogP contribution in [0.15, 0.2) is 33.2 Å². The molecule has 1 aromatic carbocycles. The maximum absolute atomic E-state index is 12.0. The fourth-order valence-corrected chi connectivity index (χ4v) is 2.69. The molecule has 2 aromatic heterocycles. The van der Waals surface area contributed by atoms with E-state index in [9.17, 15) is 4.79 Å². The molecule has 1 amide bonds. The minimum absolute atomic E-state index is 0.245. The number of fused-ring (bicyclic) bond motifs is 1. The van der Waals surface area contributed by atoms with Crippen molar-refractivity contribution >= 4 is 49.3 Å². The van der Waals surface area contributed by atoms with Gasteiger partial charge in [0.2, 0.25) is 5.13 Å². The third-order valence-corrected chi connectivity index (χ3v) is 3.84. The summed E-state index contributed by atoms with van der Waals surface area (Å²) in [5.41, 5.74) is 0.654. The smallest absolute Gasteiger partial charge is 0.293 e. The largest absolute Gasteiger partial charge is 0.450 e. The van der Waals surface area contributed by atoms with Crippen molar-refractivity contribution < 1.29 is 9.21 Å². The van der Waals surface area contributed by atoms with E-state index in [-0.39, 0.29) is 11.7 Å². The van der Waals surface area contributed by atoms with Crippen LogP contribution in [-0.2, 0) is 0 Å². The normalized spacial score (nSPS) is 10.8. The van der Waals surface area contributed by atoms with Crippen molar-refractivity contribution in [1.82, 2.24) is 10.2 Å². The molecule has 5 nitrogen and oxygen atoms in total. The number of carbonyl (C=O) groups is 1. The molecule has 96 valence electrons. The maximum atomic E-state index is 12.0. The van der Waals surface area contributed by atoms with Crippen molar-refractivity contribution in [2.45, 2.75) is 6.92 Å². The van der Waals surface area contributed by atoms with Gasteiger partial charge in [0.05, 0.1) is 4.47 Å². The summed E-state index contributed by atoms with van der Waals surface area (Å²) < 4.78 is 6.35. The van der Waals surface area contributed by atoms with Gasteiger partial charge in [0.15, 0.2) is 5.76 Å². The number of hydrogen-bond acceptors (Lipinski definition) is 5. The Balaban J connectivity index is 1.91. The number of aryl methyl sites for hydroxylation is 1. The average molecular weight is 338 g/mol. The minimum Gasteiger partial charge on any atom is -0.450 e. The molecule has 0 aliphatic heterocycles. The van der Waals surface area contributed by atoms with Gasteiger partial charge in [0, 0.05) is 5.39 Å². The van der Waals surface area contributed by atoms with Crippen LogP contribution in [-0.4, -0.2) is 16.1 Å². The zero-order chi connectivity index (χ0) is 13.4. The van der Waals surface area contributed by atoms with Crippen molar-refractivity contribution in [1.29, 1.82) is 0 Å². The van der Waals surface area contributed by atoms with Crippen molar-refractivity contribution in [2.24, 2.45) is 0 Å². The fraction of sp³-hybridized carbons (Fsp3) is 0.0833. The summed E-state index contributed by atoms with van der Waals surface area (Å²) in [5, 5.41) is 12.5. The molecule has 0 radical (unpaired) electrons. The zero-order valence-electron chi connectivity index (χ0n) is 9.81. The highest BCUT2D eigenvalue weighted by Gasteiger charge is 2.15. The first kappa shape index (κ1) is 12.3. The third-order valence-electron chi connectivity index (χ3n) is 2.47. The second-order valence-corrected chi connectivity index (χ2v) is 5.89. The van der Waals surface area contributed by atoms with Crippen LogP contribution in [0.2, 0.25) is 0 Å². The Morgan fingerprint density at radius 3 is 2.95 bits per heavy atom. The molecule has 0 aliphatic carbocycles. The van der Waals surface area contributed by atoms with E-state index in [4.69, 9.17) is 4.42 Å². The van der Waals surface area contributed by atoms with E-state index in [0.29, 0.717) is 10.7 Å². The van der Waals surface area contributed by atoms with Crippen LogP contribution < -0.4 is 5.32 Å². The van der Waals surface area contributed by atoms with Crippen LogP contribution in [0.1, 0.15) is 15.6 Å². The van der Waals surface area contributed by atoms with Crippen LogP contribution in [0.3, 0.4) is 0 Å². The number of amides is 1. The lowest BCUT2D eigenvalue weighted by molar-refractivity contribution is 0.0998. The molecule has 0 atom stereocenters. The van der Waals surface area contributed by atoms with Gasteiger partial charge in [0.25, 0.3) is 5.91 Å². The van der Waals surface area contributed by atoms with Gasteiger partial charge in [-0.05, 0) is 35.0 Å². The molecule has 3 aromatic rings. The predicted molar refractivity (Wildman–Crippen MR) is 76.5 cm³/mol. The summed E-state index contributed by atoms with van der Waals surface area (Å²) in [6, 6.07) is 7.33. The van der Waals surface area contributed by atoms with E-state index >= 15 is 0 Å². The number of halogens is 1. The Bertz CT molecular complexity index is 765. The molecular weight excluding hydrogens is 330 g/mol. The third kappa shape index (κ3) is 2.39. The quantitative estimate of drug-likeness (QED) is 0.775. The van der Waals surface area contributed by atoms with Crippen molar-refractivity contribution in [2.75, 3.05) is 5.32 Å². The SMILES string of the molecule is Cc1nnc(NC(=O)c2cc3cccc(Br)c3o2)s1. The van der Waals surface area contributed by atoms with Gasteiger partial charge in [-0.2, -0.15) is 0 Å². The number of hydrogen-bond donors (Lipinski definition) is 1. The summed E-state index contributed by atoms with van der Waals surface area (Å²) in [6.07, 6.45) is 0. The predicted octanol–water partition coefficient (Wildman–Crippen LogP) is 3.61. The number of benzene rings is 1. The molecule has 2 heterocycles. The summed E-state index contributed by atoms with van der Waals surface area (Å²) in [4.78, 5) is 12.0. The van der Waals surface area contributed by atoms with Crippen LogP contribution in [0.5, 0.6) is 0 Å². The number of aromatic nitrogens is 2. The van der Waals surface area contributed by atoms with Crippen LogP contribution >= 0.6 is 27.3 Å². The molecule has 0 bridgehead atoms. The Hall–Kier alpha value is -1.73. The molecule has 0 aliphatic rings. The number of rotatable bonds is 2. The van der Waals surface area contributed by atoms with E-state index in [0.717, 1.165) is 14.9 Å². The number of nitrogens with one attached hydrogen (secondary N) is 1. The van der Waals surface area contributed by atoms with Gasteiger partial charge in [-0.3, -0.25) is 10.1 Å². The standard InChI is InChI=1S/C12H8BrN3O2S/c1-6-15-16-12(19-6)14-11(17)9-5-7-3-2-4-8(13)10(7)18-9/h2-5H,1H3,(H,14,16,17). The molecule has 1 N–H and O–H groups in total. The summed E-state index contributed by atoms with van der Waals surface area (Å²) in [7, 11) is 0. The molecule has 0 unspecified atom stereocenters. The number of furan rings is 1. The molecule has 7 heteroatoms. The molecular formula is C12H8BrN3O2S. The Kier molecular flexibility index (Phi) is 3.08. The number of nitrogens with zero attached hydrogens (tertiary/aromatic N) is 2. The second-order valence-electron chi connectivity index (χ2n) is 3.85. The minimum atomic E-state index is -0.334. The highest BCUT2D eigenvalue weighted by molar-refractivity contribution is 9.10. The second kappa shape index (κ2) is 4.75. The Morgan fingerprint density at radius 1 is 1.42 bits per heavy atom. The average Bonchev–Trinajstić information content (AvgIpc) is 2.96. The molecule has 19 heavy (non-hydrogen) atoms. The lowest BCUT2D eigenvalue weighted by Crippen LogP contribution is -2.10. The van der Waals surface area contributed by atoms with Gasteiger partial charge < -0.3 is 4.42 Å². The summed E-state index contributed by atoms with van der Waals surface area (Å²) in [6.45, 7) is 1.83. The van der Waals surface area contributed by atoms with Crippen LogP contribution in [0.25, 0.3) is 11.0 Å². The van der Waals surface area contributed by atoms with E-state index < -0.39 is 0 Å². The van der Waals surface area contributed by atoms with Gasteiger partial charge >= 0.3 is 0 Å². The van der Waals surface area contributed by atoms with Gasteiger partial charge in [-0.25, -0.2) is 0 Å². The summed E-state index contributed by atoms with van der Waals surface area (Å²) in [5.74, 6) is -0.0889. The molecule has 0 saturated carbocycles. The first-order chi connectivity index (χ1) is 9.13. The van der Waals surface area contributed by atoms with Gasteiger partial charge in [-0.15, -0.1) is 10.2 Å². The highest BCUT2D eigenvalue weighted by atomic mass is 79.9.